The fourth-order valence-electron chi connectivity index (χ4n) is 1.33. The molecular formula is C10H11ClN4. The van der Waals surface area contributed by atoms with Gasteiger partial charge in [-0.25, -0.2) is 9.97 Å². The van der Waals surface area contributed by atoms with Crippen molar-refractivity contribution in [2.45, 2.75) is 6.54 Å². The van der Waals surface area contributed by atoms with Crippen molar-refractivity contribution in [3.63, 3.8) is 0 Å². The molecule has 1 N–H and O–H groups in total. The zero-order chi connectivity index (χ0) is 10.7. The number of aromatic nitrogens is 3. The lowest BCUT2D eigenvalue weighted by Crippen LogP contribution is -2.07. The van der Waals surface area contributed by atoms with E-state index in [1.807, 2.05) is 23.9 Å². The Morgan fingerprint density at radius 1 is 1.53 bits per heavy atom. The third kappa shape index (κ3) is 2.16. The molecule has 0 aliphatic heterocycles. The minimum atomic E-state index is 0.674. The van der Waals surface area contributed by atoms with Crippen molar-refractivity contribution in [2.24, 2.45) is 0 Å². The van der Waals surface area contributed by atoms with E-state index in [0.717, 1.165) is 17.9 Å². The first-order valence-electron chi connectivity index (χ1n) is 4.58. The van der Waals surface area contributed by atoms with Gasteiger partial charge in [-0.1, -0.05) is 11.6 Å². The Labute approximate surface area is 92.9 Å². The van der Waals surface area contributed by atoms with Crippen LogP contribution in [0.3, 0.4) is 0 Å². The molecule has 0 fully saturated rings. The van der Waals surface area contributed by atoms with E-state index in [-0.39, 0.29) is 0 Å². The number of nitrogens with zero attached hydrogens (tertiary/aromatic N) is 3. The van der Waals surface area contributed by atoms with Crippen molar-refractivity contribution in [1.82, 2.24) is 19.9 Å². The summed E-state index contributed by atoms with van der Waals surface area (Å²) in [6.07, 6.45) is 6.93. The van der Waals surface area contributed by atoms with E-state index in [2.05, 4.69) is 15.3 Å². The van der Waals surface area contributed by atoms with Crippen molar-refractivity contribution in [1.29, 1.82) is 0 Å². The summed E-state index contributed by atoms with van der Waals surface area (Å²) in [5, 5.41) is 3.73. The molecule has 0 bridgehead atoms. The first kappa shape index (κ1) is 10.1. The van der Waals surface area contributed by atoms with Crippen LogP contribution in [0.4, 0.5) is 0 Å². The monoisotopic (exact) mass is 222 g/mol. The van der Waals surface area contributed by atoms with Crippen LogP contribution < -0.4 is 5.32 Å². The number of imidazole rings is 1. The van der Waals surface area contributed by atoms with Gasteiger partial charge in [-0.3, -0.25) is 4.57 Å². The van der Waals surface area contributed by atoms with Crippen LogP contribution in [-0.4, -0.2) is 21.6 Å². The molecule has 0 saturated heterocycles. The fraction of sp³-hybridized carbons (Fsp3) is 0.200. The molecule has 0 spiro atoms. The van der Waals surface area contributed by atoms with Gasteiger partial charge in [-0.2, -0.15) is 0 Å². The van der Waals surface area contributed by atoms with Crippen LogP contribution in [0.25, 0.3) is 5.82 Å². The molecule has 2 aromatic rings. The topological polar surface area (TPSA) is 42.7 Å². The number of hydrogen-bond donors (Lipinski definition) is 1. The summed E-state index contributed by atoms with van der Waals surface area (Å²) in [7, 11) is 1.88. The summed E-state index contributed by atoms with van der Waals surface area (Å²) in [6, 6.07) is 1.94. The Kier molecular flexibility index (Phi) is 2.99. The summed E-state index contributed by atoms with van der Waals surface area (Å²) < 4.78 is 1.84. The Balaban J connectivity index is 2.38. The normalized spacial score (nSPS) is 10.5. The first-order valence-corrected chi connectivity index (χ1v) is 4.96. The highest BCUT2D eigenvalue weighted by Gasteiger charge is 2.03. The number of halogens is 1. The second-order valence-corrected chi connectivity index (χ2v) is 3.54. The standard InChI is InChI=1S/C10H11ClN4/c1-12-5-8-4-10(14-6-9(8)11)15-3-2-13-7-15/h2-4,6-7,12H,5H2,1H3. The van der Waals surface area contributed by atoms with E-state index in [9.17, 15) is 0 Å². The summed E-state index contributed by atoms with van der Waals surface area (Å²) in [4.78, 5) is 8.20. The zero-order valence-electron chi connectivity index (χ0n) is 8.31. The van der Waals surface area contributed by atoms with Crippen molar-refractivity contribution in [2.75, 3.05) is 7.05 Å². The van der Waals surface area contributed by atoms with Gasteiger partial charge >= 0.3 is 0 Å². The number of rotatable bonds is 3. The predicted octanol–water partition coefficient (Wildman–Crippen LogP) is 1.64. The van der Waals surface area contributed by atoms with Crippen LogP contribution in [0.15, 0.2) is 31.0 Å². The van der Waals surface area contributed by atoms with Gasteiger partial charge in [0.2, 0.25) is 0 Å². The molecule has 0 aliphatic carbocycles. The maximum atomic E-state index is 6.01. The molecule has 4 nitrogen and oxygen atoms in total. The maximum absolute atomic E-state index is 6.01. The van der Waals surface area contributed by atoms with Crippen molar-refractivity contribution in [3.05, 3.63) is 41.6 Å². The Hall–Kier alpha value is -1.39. The molecule has 0 amide bonds. The largest absolute Gasteiger partial charge is 0.316 e. The number of pyridine rings is 1. The molecule has 2 rings (SSSR count). The van der Waals surface area contributed by atoms with E-state index in [1.54, 1.807) is 18.7 Å². The molecule has 15 heavy (non-hydrogen) atoms. The highest BCUT2D eigenvalue weighted by molar-refractivity contribution is 6.31. The van der Waals surface area contributed by atoms with Gasteiger partial charge in [0.15, 0.2) is 0 Å². The molecule has 2 heterocycles. The minimum Gasteiger partial charge on any atom is -0.316 e. The van der Waals surface area contributed by atoms with E-state index in [1.165, 1.54) is 0 Å². The van der Waals surface area contributed by atoms with Crippen LogP contribution in [0.2, 0.25) is 5.02 Å². The van der Waals surface area contributed by atoms with Gasteiger partial charge in [0.1, 0.15) is 12.1 Å². The molecule has 0 aliphatic rings. The Morgan fingerprint density at radius 3 is 3.07 bits per heavy atom. The molecule has 78 valence electrons. The van der Waals surface area contributed by atoms with Crippen LogP contribution >= 0.6 is 11.6 Å². The lowest BCUT2D eigenvalue weighted by atomic mass is 10.2. The summed E-state index contributed by atoms with van der Waals surface area (Å²) in [6.45, 7) is 0.725. The maximum Gasteiger partial charge on any atom is 0.138 e. The van der Waals surface area contributed by atoms with Crippen LogP contribution in [0.1, 0.15) is 5.56 Å². The van der Waals surface area contributed by atoms with Crippen molar-refractivity contribution < 1.29 is 0 Å². The van der Waals surface area contributed by atoms with E-state index in [0.29, 0.717) is 5.02 Å². The molecule has 0 atom stereocenters. The Morgan fingerprint density at radius 2 is 2.40 bits per heavy atom. The quantitative estimate of drug-likeness (QED) is 0.859. The molecule has 0 aromatic carbocycles. The SMILES string of the molecule is CNCc1cc(-n2ccnc2)ncc1Cl. The van der Waals surface area contributed by atoms with Gasteiger partial charge in [-0.15, -0.1) is 0 Å². The molecule has 2 aromatic heterocycles. The van der Waals surface area contributed by atoms with Gasteiger partial charge in [0, 0.05) is 25.1 Å². The lowest BCUT2D eigenvalue weighted by molar-refractivity contribution is 0.812. The van der Waals surface area contributed by atoms with E-state index in [4.69, 9.17) is 11.6 Å². The number of hydrogen-bond acceptors (Lipinski definition) is 3. The predicted molar refractivity (Wildman–Crippen MR) is 59.1 cm³/mol. The smallest absolute Gasteiger partial charge is 0.138 e. The van der Waals surface area contributed by atoms with E-state index < -0.39 is 0 Å². The molecule has 0 saturated carbocycles. The average Bonchev–Trinajstić information content (AvgIpc) is 2.75. The van der Waals surface area contributed by atoms with Gasteiger partial charge in [-0.05, 0) is 18.7 Å². The van der Waals surface area contributed by atoms with E-state index >= 15 is 0 Å². The molecule has 0 unspecified atom stereocenters. The summed E-state index contributed by atoms with van der Waals surface area (Å²) >= 11 is 6.01. The Bertz CT molecular complexity index is 439. The number of nitrogens with one attached hydrogen (secondary N) is 1. The minimum absolute atomic E-state index is 0.674. The van der Waals surface area contributed by atoms with Crippen LogP contribution in [0, 0.1) is 0 Å². The lowest BCUT2D eigenvalue weighted by Gasteiger charge is -2.06. The third-order valence-electron chi connectivity index (χ3n) is 2.06. The molecular weight excluding hydrogens is 212 g/mol. The van der Waals surface area contributed by atoms with Crippen molar-refractivity contribution >= 4 is 11.6 Å². The summed E-state index contributed by atoms with van der Waals surface area (Å²) in [5.74, 6) is 0.821. The molecule has 5 heteroatoms. The highest BCUT2D eigenvalue weighted by Crippen LogP contribution is 2.17. The third-order valence-corrected chi connectivity index (χ3v) is 2.40. The second-order valence-electron chi connectivity index (χ2n) is 3.13. The van der Waals surface area contributed by atoms with Gasteiger partial charge in [0.25, 0.3) is 0 Å². The van der Waals surface area contributed by atoms with Crippen LogP contribution in [-0.2, 0) is 6.54 Å². The second kappa shape index (κ2) is 4.42. The van der Waals surface area contributed by atoms with Gasteiger partial charge < -0.3 is 5.32 Å². The molecule has 0 radical (unpaired) electrons. The highest BCUT2D eigenvalue weighted by atomic mass is 35.5. The summed E-state index contributed by atoms with van der Waals surface area (Å²) in [5.41, 5.74) is 1.03. The zero-order valence-corrected chi connectivity index (χ0v) is 9.07. The first-order chi connectivity index (χ1) is 7.31. The van der Waals surface area contributed by atoms with Gasteiger partial charge in [0.05, 0.1) is 5.02 Å². The fourth-order valence-corrected chi connectivity index (χ4v) is 1.50. The van der Waals surface area contributed by atoms with Crippen LogP contribution in [0.5, 0.6) is 0 Å². The average molecular weight is 223 g/mol. The van der Waals surface area contributed by atoms with Crippen molar-refractivity contribution in [3.8, 4) is 5.82 Å².